The molecule has 2 N–H and O–H groups in total. The molecule has 5 rings (SSSR count). The largest absolute Gasteiger partial charge is 0.514 e. The minimum absolute atomic E-state index is 0.125. The summed E-state index contributed by atoms with van der Waals surface area (Å²) < 4.78 is 22.6. The van der Waals surface area contributed by atoms with E-state index in [9.17, 15) is 19.5 Å². The molecule has 1 aliphatic carbocycles. The number of ketones is 1. The molecule has 3 aliphatic heterocycles. The van der Waals surface area contributed by atoms with Gasteiger partial charge in [0.1, 0.15) is 11.4 Å². The molecular weight excluding hydrogens is 490 g/mol. The zero-order chi connectivity index (χ0) is 27.5. The van der Waals surface area contributed by atoms with E-state index in [-0.39, 0.29) is 18.1 Å². The average Bonchev–Trinajstić information content (AvgIpc) is 3.49. The molecule has 1 aromatic rings. The summed E-state index contributed by atoms with van der Waals surface area (Å²) >= 11 is 0. The fourth-order valence-electron chi connectivity index (χ4n) is 6.65. The molecule has 9 nitrogen and oxygen atoms in total. The number of carbonyl (C=O) groups excluding carboxylic acids is 3. The molecule has 1 aromatic carbocycles. The van der Waals surface area contributed by atoms with Crippen LogP contribution in [0, 0.1) is 23.7 Å². The maximum atomic E-state index is 13.9. The number of cyclic esters (lactones) is 1. The Balaban J connectivity index is 1.55. The Labute approximate surface area is 222 Å². The van der Waals surface area contributed by atoms with Gasteiger partial charge in [0.05, 0.1) is 31.0 Å². The molecule has 9 heteroatoms. The number of fused-ring (bicyclic) bond motifs is 2. The van der Waals surface area contributed by atoms with E-state index in [0.717, 1.165) is 23.7 Å². The fourth-order valence-corrected chi connectivity index (χ4v) is 6.65. The third kappa shape index (κ3) is 4.12. The summed E-state index contributed by atoms with van der Waals surface area (Å²) in [6, 6.07) is 7.32. The van der Waals surface area contributed by atoms with Gasteiger partial charge in [-0.3, -0.25) is 9.59 Å². The van der Waals surface area contributed by atoms with Crippen molar-refractivity contribution in [2.75, 3.05) is 7.11 Å². The summed E-state index contributed by atoms with van der Waals surface area (Å²) in [6.07, 6.45) is 5.15. The van der Waals surface area contributed by atoms with Gasteiger partial charge in [-0.1, -0.05) is 38.1 Å². The topological polar surface area (TPSA) is 124 Å². The van der Waals surface area contributed by atoms with Crippen LogP contribution in [0.2, 0.25) is 0 Å². The van der Waals surface area contributed by atoms with E-state index in [1.807, 2.05) is 50.3 Å². The number of methoxy groups -OCH3 is 1. The number of rotatable bonds is 3. The highest BCUT2D eigenvalue weighted by molar-refractivity contribution is 5.92. The zero-order valence-corrected chi connectivity index (χ0v) is 22.3. The predicted octanol–water partition coefficient (Wildman–Crippen LogP) is 3.10. The van der Waals surface area contributed by atoms with Gasteiger partial charge in [-0.25, -0.2) is 4.79 Å². The standard InChI is InChI=1S/C29H35NO8/c1-16-7-6-8-20-24-28(4,37-24)17(2)22-21(15-18-9-11-19(35-5)12-10-18)30-25(32)29(20,22)38-26(33)36-14-13-27(3,34)23(16)31/h6,8-14,16-17,20-22,24,34H,7,15H2,1-5H3,(H,30,32)/b8-6-,14-13-. The van der Waals surface area contributed by atoms with E-state index in [4.69, 9.17) is 18.9 Å². The SMILES string of the molecule is COc1ccc(CC2NC(=O)C34OC(=O)O/C=C\C(C)(O)C(=O)C(C)C/C=C\C3C3OC3(C)C(C)C24)cc1. The molecule has 38 heavy (non-hydrogen) atoms. The van der Waals surface area contributed by atoms with Crippen LogP contribution in [0.4, 0.5) is 4.79 Å². The van der Waals surface area contributed by atoms with Crippen LogP contribution in [-0.4, -0.2) is 59.0 Å². The van der Waals surface area contributed by atoms with Gasteiger partial charge in [0.25, 0.3) is 5.91 Å². The Morgan fingerprint density at radius 1 is 1.13 bits per heavy atom. The lowest BCUT2D eigenvalue weighted by Gasteiger charge is -2.45. The van der Waals surface area contributed by atoms with Crippen molar-refractivity contribution in [2.45, 2.75) is 69.5 Å². The van der Waals surface area contributed by atoms with Crippen molar-refractivity contribution in [2.24, 2.45) is 23.7 Å². The molecule has 9 unspecified atom stereocenters. The number of hydrogen-bond acceptors (Lipinski definition) is 8. The van der Waals surface area contributed by atoms with E-state index in [0.29, 0.717) is 12.8 Å². The van der Waals surface area contributed by atoms with Gasteiger partial charge in [-0.05, 0) is 56.4 Å². The number of nitrogens with one attached hydrogen (secondary N) is 1. The smallest absolute Gasteiger partial charge is 0.497 e. The quantitative estimate of drug-likeness (QED) is 0.351. The van der Waals surface area contributed by atoms with Crippen molar-refractivity contribution in [1.82, 2.24) is 5.32 Å². The van der Waals surface area contributed by atoms with Gasteiger partial charge >= 0.3 is 6.16 Å². The maximum Gasteiger partial charge on any atom is 0.514 e. The zero-order valence-electron chi connectivity index (χ0n) is 22.3. The maximum absolute atomic E-state index is 13.9. The van der Waals surface area contributed by atoms with Crippen LogP contribution < -0.4 is 10.1 Å². The summed E-state index contributed by atoms with van der Waals surface area (Å²) in [5, 5.41) is 13.7. The monoisotopic (exact) mass is 525 g/mol. The van der Waals surface area contributed by atoms with Gasteiger partial charge in [0, 0.05) is 17.9 Å². The van der Waals surface area contributed by atoms with Crippen LogP contribution in [-0.2, 0) is 30.2 Å². The van der Waals surface area contributed by atoms with Crippen molar-refractivity contribution in [3.63, 3.8) is 0 Å². The molecule has 0 radical (unpaired) electrons. The summed E-state index contributed by atoms with van der Waals surface area (Å²) in [6.45, 7) is 7.12. The Morgan fingerprint density at radius 2 is 1.84 bits per heavy atom. The number of Topliss-reactive ketones (excluding diaryl/α,β-unsaturated/α-hetero) is 1. The first-order chi connectivity index (χ1) is 17.9. The van der Waals surface area contributed by atoms with Crippen molar-refractivity contribution in [1.29, 1.82) is 0 Å². The Bertz CT molecular complexity index is 1190. The van der Waals surface area contributed by atoms with Gasteiger partial charge in [0.2, 0.25) is 5.60 Å². The summed E-state index contributed by atoms with van der Waals surface area (Å²) in [5.74, 6) is -1.71. The lowest BCUT2D eigenvalue weighted by atomic mass is 9.59. The van der Waals surface area contributed by atoms with Crippen molar-refractivity contribution >= 4 is 17.8 Å². The molecule has 1 saturated carbocycles. The van der Waals surface area contributed by atoms with Gasteiger partial charge in [-0.15, -0.1) is 0 Å². The lowest BCUT2D eigenvalue weighted by molar-refractivity contribution is -0.153. The molecule has 1 spiro atoms. The Morgan fingerprint density at radius 3 is 2.53 bits per heavy atom. The molecule has 204 valence electrons. The van der Waals surface area contributed by atoms with Gasteiger partial charge in [-0.2, -0.15) is 0 Å². The van der Waals surface area contributed by atoms with Crippen molar-refractivity contribution < 1.29 is 38.4 Å². The molecule has 0 aromatic heterocycles. The number of aliphatic hydroxyl groups is 1. The summed E-state index contributed by atoms with van der Waals surface area (Å²) in [5.41, 5.74) is -2.89. The van der Waals surface area contributed by atoms with Crippen LogP contribution in [0.15, 0.2) is 48.8 Å². The van der Waals surface area contributed by atoms with Crippen LogP contribution in [0.25, 0.3) is 0 Å². The number of amides is 1. The third-order valence-corrected chi connectivity index (χ3v) is 8.96. The Hall–Kier alpha value is -3.17. The molecular formula is C29H35NO8. The van der Waals surface area contributed by atoms with Gasteiger partial charge < -0.3 is 29.4 Å². The van der Waals surface area contributed by atoms with Crippen molar-refractivity contribution in [3.05, 3.63) is 54.3 Å². The molecule has 9 atom stereocenters. The Kier molecular flexibility index (Phi) is 6.43. The molecule has 2 saturated heterocycles. The van der Waals surface area contributed by atoms with E-state index in [1.165, 1.54) is 6.92 Å². The van der Waals surface area contributed by atoms with Crippen LogP contribution in [0.5, 0.6) is 5.75 Å². The number of carbonyl (C=O) groups is 3. The second kappa shape index (κ2) is 9.24. The molecule has 4 aliphatic rings. The summed E-state index contributed by atoms with van der Waals surface area (Å²) in [4.78, 5) is 39.7. The second-order valence-corrected chi connectivity index (χ2v) is 11.3. The number of epoxide rings is 1. The highest BCUT2D eigenvalue weighted by Crippen LogP contribution is 2.63. The van der Waals surface area contributed by atoms with E-state index >= 15 is 0 Å². The molecule has 3 heterocycles. The number of ether oxygens (including phenoxy) is 4. The third-order valence-electron chi connectivity index (χ3n) is 8.96. The number of allylic oxidation sites excluding steroid dienone is 1. The normalized spacial score (nSPS) is 43.9. The predicted molar refractivity (Wildman–Crippen MR) is 136 cm³/mol. The van der Waals surface area contributed by atoms with E-state index in [2.05, 4.69) is 5.32 Å². The summed E-state index contributed by atoms with van der Waals surface area (Å²) in [7, 11) is 1.61. The van der Waals surface area contributed by atoms with E-state index < -0.39 is 52.4 Å². The first-order valence-electron chi connectivity index (χ1n) is 13.1. The minimum atomic E-state index is -1.82. The number of benzene rings is 1. The van der Waals surface area contributed by atoms with Crippen LogP contribution in [0.1, 0.15) is 39.7 Å². The molecule has 0 bridgehead atoms. The van der Waals surface area contributed by atoms with Crippen LogP contribution in [0.3, 0.4) is 0 Å². The molecule has 1 amide bonds. The first kappa shape index (κ1) is 26.4. The highest BCUT2D eigenvalue weighted by atomic mass is 16.7. The van der Waals surface area contributed by atoms with Gasteiger partial charge in [0.15, 0.2) is 5.78 Å². The van der Waals surface area contributed by atoms with E-state index in [1.54, 1.807) is 14.0 Å². The van der Waals surface area contributed by atoms with Crippen LogP contribution >= 0.6 is 0 Å². The minimum Gasteiger partial charge on any atom is -0.497 e. The second-order valence-electron chi connectivity index (χ2n) is 11.3. The first-order valence-corrected chi connectivity index (χ1v) is 13.1. The number of hydrogen-bond donors (Lipinski definition) is 2. The molecule has 3 fully saturated rings. The fraction of sp³-hybridized carbons (Fsp3) is 0.552. The average molecular weight is 526 g/mol. The van der Waals surface area contributed by atoms with Crippen molar-refractivity contribution in [3.8, 4) is 5.75 Å². The highest BCUT2D eigenvalue weighted by Gasteiger charge is 2.78. The lowest BCUT2D eigenvalue weighted by Crippen LogP contribution is -2.61.